The van der Waals surface area contributed by atoms with E-state index in [9.17, 15) is 14.4 Å². The molecule has 2 heterocycles. The first-order chi connectivity index (χ1) is 14.1. The van der Waals surface area contributed by atoms with Gasteiger partial charge in [-0.15, -0.1) is 11.8 Å². The van der Waals surface area contributed by atoms with Gasteiger partial charge < -0.3 is 15.0 Å². The lowest BCUT2D eigenvalue weighted by Crippen LogP contribution is -2.31. The molecule has 0 fully saturated rings. The van der Waals surface area contributed by atoms with Crippen molar-refractivity contribution in [2.45, 2.75) is 29.9 Å². The minimum absolute atomic E-state index is 0.0913. The summed E-state index contributed by atoms with van der Waals surface area (Å²) in [6.07, 6.45) is 2.41. The summed E-state index contributed by atoms with van der Waals surface area (Å²) in [5.74, 6) is -1.08. The van der Waals surface area contributed by atoms with Gasteiger partial charge in [0.25, 0.3) is 0 Å². The fraction of sp³-hybridized carbons (Fsp3) is 0.227. The number of hydrogen-bond donors (Lipinski definition) is 2. The van der Waals surface area contributed by atoms with Crippen molar-refractivity contribution in [3.05, 3.63) is 59.8 Å². The van der Waals surface area contributed by atoms with Crippen LogP contribution in [-0.2, 0) is 20.7 Å². The summed E-state index contributed by atoms with van der Waals surface area (Å²) < 4.78 is 5.18. The van der Waals surface area contributed by atoms with Gasteiger partial charge in [-0.1, -0.05) is 37.3 Å². The van der Waals surface area contributed by atoms with E-state index in [-0.39, 0.29) is 24.7 Å². The number of esters is 1. The van der Waals surface area contributed by atoms with Crippen LogP contribution in [0.4, 0.5) is 5.69 Å². The Morgan fingerprint density at radius 1 is 1.14 bits per heavy atom. The van der Waals surface area contributed by atoms with Crippen LogP contribution in [0, 0.1) is 0 Å². The van der Waals surface area contributed by atoms with E-state index in [1.807, 2.05) is 42.5 Å². The van der Waals surface area contributed by atoms with Crippen molar-refractivity contribution >= 4 is 46.0 Å². The highest BCUT2D eigenvalue weighted by atomic mass is 32.2. The predicted molar refractivity (Wildman–Crippen MR) is 112 cm³/mol. The fourth-order valence-electron chi connectivity index (χ4n) is 3.40. The second kappa shape index (κ2) is 8.13. The van der Waals surface area contributed by atoms with Gasteiger partial charge in [0.2, 0.25) is 11.7 Å². The standard InChI is InChI=1S/C22H20N2O4S/c1-2-13-6-5-7-14-15(11-23-21(13)14)17(25)12-28-20(26)10-19-22(27)24-16-8-3-4-9-18(16)29-19/h3-9,11,19,23H,2,10,12H2,1H3,(H,24,27)/t19-/m1/s1. The van der Waals surface area contributed by atoms with Gasteiger partial charge in [0.1, 0.15) is 0 Å². The van der Waals surface area contributed by atoms with E-state index in [2.05, 4.69) is 17.2 Å². The van der Waals surface area contributed by atoms with E-state index in [0.717, 1.165) is 33.5 Å². The number of ether oxygens (including phenoxy) is 1. The molecule has 6 nitrogen and oxygen atoms in total. The number of aryl methyl sites for hydroxylation is 1. The molecule has 0 bridgehead atoms. The molecule has 2 aromatic carbocycles. The first-order valence-electron chi connectivity index (χ1n) is 9.41. The third-order valence-electron chi connectivity index (χ3n) is 4.91. The Balaban J connectivity index is 1.38. The molecule has 0 unspecified atom stereocenters. The zero-order valence-electron chi connectivity index (χ0n) is 15.9. The highest BCUT2D eigenvalue weighted by molar-refractivity contribution is 8.01. The number of carbonyl (C=O) groups is 3. The highest BCUT2D eigenvalue weighted by Gasteiger charge is 2.29. The minimum Gasteiger partial charge on any atom is -0.457 e. The number of ketones is 1. The topological polar surface area (TPSA) is 88.3 Å². The van der Waals surface area contributed by atoms with Gasteiger partial charge in [0, 0.05) is 27.6 Å². The monoisotopic (exact) mass is 408 g/mol. The fourth-order valence-corrected chi connectivity index (χ4v) is 4.50. The molecule has 1 aliphatic heterocycles. The number of carbonyl (C=O) groups excluding carboxylic acids is 3. The maximum atomic E-state index is 12.6. The summed E-state index contributed by atoms with van der Waals surface area (Å²) in [6, 6.07) is 13.2. The van der Waals surface area contributed by atoms with Crippen molar-refractivity contribution in [3.8, 4) is 0 Å². The predicted octanol–water partition coefficient (Wildman–Crippen LogP) is 3.96. The average Bonchev–Trinajstić information content (AvgIpc) is 3.17. The Bertz CT molecular complexity index is 1110. The summed E-state index contributed by atoms with van der Waals surface area (Å²) in [6.45, 7) is 1.70. The van der Waals surface area contributed by atoms with E-state index >= 15 is 0 Å². The number of rotatable bonds is 6. The van der Waals surface area contributed by atoms with Crippen molar-refractivity contribution in [1.29, 1.82) is 0 Å². The molecule has 1 atom stereocenters. The van der Waals surface area contributed by atoms with E-state index in [0.29, 0.717) is 5.56 Å². The number of aromatic amines is 1. The molecule has 0 spiro atoms. The SMILES string of the molecule is CCc1cccc2c(C(=O)COC(=O)C[C@H]3Sc4ccccc4NC3=O)c[nH]c12. The van der Waals surface area contributed by atoms with E-state index < -0.39 is 11.2 Å². The highest BCUT2D eigenvalue weighted by Crippen LogP contribution is 2.36. The number of anilines is 1. The number of Topliss-reactive ketones (excluding diaryl/α,β-unsaturated/α-hetero) is 1. The van der Waals surface area contributed by atoms with Crippen LogP contribution in [0.3, 0.4) is 0 Å². The molecule has 2 N–H and O–H groups in total. The summed E-state index contributed by atoms with van der Waals surface area (Å²) in [4.78, 5) is 41.1. The number of para-hydroxylation sites is 2. The number of nitrogens with one attached hydrogen (secondary N) is 2. The smallest absolute Gasteiger partial charge is 0.307 e. The first-order valence-corrected chi connectivity index (χ1v) is 10.3. The minimum atomic E-state index is -0.576. The van der Waals surface area contributed by atoms with Crippen LogP contribution >= 0.6 is 11.8 Å². The number of amides is 1. The van der Waals surface area contributed by atoms with Crippen LogP contribution in [-0.4, -0.2) is 34.5 Å². The molecular weight excluding hydrogens is 388 g/mol. The number of aromatic nitrogens is 1. The molecule has 0 aliphatic carbocycles. The van der Waals surface area contributed by atoms with Crippen molar-refractivity contribution < 1.29 is 19.1 Å². The van der Waals surface area contributed by atoms with Crippen molar-refractivity contribution in [3.63, 3.8) is 0 Å². The molecular formula is C22H20N2O4S. The maximum Gasteiger partial charge on any atom is 0.307 e. The van der Waals surface area contributed by atoms with Crippen LogP contribution in [0.2, 0.25) is 0 Å². The first kappa shape index (κ1) is 19.3. The summed E-state index contributed by atoms with van der Waals surface area (Å²) in [7, 11) is 0. The molecule has 1 aliphatic rings. The molecule has 3 aromatic rings. The zero-order chi connectivity index (χ0) is 20.4. The third-order valence-corrected chi connectivity index (χ3v) is 6.18. The molecule has 148 valence electrons. The van der Waals surface area contributed by atoms with Gasteiger partial charge >= 0.3 is 5.97 Å². The molecule has 29 heavy (non-hydrogen) atoms. The van der Waals surface area contributed by atoms with E-state index in [4.69, 9.17) is 4.74 Å². The molecule has 0 saturated carbocycles. The lowest BCUT2D eigenvalue weighted by Gasteiger charge is -2.23. The van der Waals surface area contributed by atoms with Gasteiger partial charge in [0.05, 0.1) is 17.4 Å². The van der Waals surface area contributed by atoms with E-state index in [1.54, 1.807) is 6.20 Å². The van der Waals surface area contributed by atoms with E-state index in [1.165, 1.54) is 11.8 Å². The van der Waals surface area contributed by atoms with Crippen LogP contribution < -0.4 is 5.32 Å². The number of thioether (sulfide) groups is 1. The Morgan fingerprint density at radius 2 is 1.97 bits per heavy atom. The molecule has 4 rings (SSSR count). The molecule has 1 aromatic heterocycles. The largest absolute Gasteiger partial charge is 0.457 e. The summed E-state index contributed by atoms with van der Waals surface area (Å²) >= 11 is 1.33. The van der Waals surface area contributed by atoms with Crippen molar-refractivity contribution in [2.24, 2.45) is 0 Å². The number of fused-ring (bicyclic) bond motifs is 2. The third kappa shape index (κ3) is 3.91. The van der Waals surface area contributed by atoms with Gasteiger partial charge in [-0.25, -0.2) is 0 Å². The van der Waals surface area contributed by atoms with Gasteiger partial charge in [-0.05, 0) is 24.1 Å². The molecule has 0 radical (unpaired) electrons. The van der Waals surface area contributed by atoms with Crippen LogP contribution in [0.5, 0.6) is 0 Å². The Kier molecular flexibility index (Phi) is 5.40. The quantitative estimate of drug-likeness (QED) is 0.476. The Morgan fingerprint density at radius 3 is 2.79 bits per heavy atom. The number of H-pyrrole nitrogens is 1. The van der Waals surface area contributed by atoms with Gasteiger partial charge in [-0.2, -0.15) is 0 Å². The molecule has 1 amide bonds. The zero-order valence-corrected chi connectivity index (χ0v) is 16.7. The molecule has 0 saturated heterocycles. The normalized spacial score (nSPS) is 15.6. The second-order valence-corrected chi connectivity index (χ2v) is 8.02. The Hall–Kier alpha value is -3.06. The average molecular weight is 408 g/mol. The van der Waals surface area contributed by atoms with Gasteiger partial charge in [-0.3, -0.25) is 14.4 Å². The second-order valence-electron chi connectivity index (χ2n) is 6.78. The number of hydrogen-bond acceptors (Lipinski definition) is 5. The Labute approximate surface area is 172 Å². The van der Waals surface area contributed by atoms with Gasteiger partial charge in [0.15, 0.2) is 6.61 Å². The van der Waals surface area contributed by atoms with Crippen LogP contribution in [0.15, 0.2) is 53.6 Å². The number of benzene rings is 2. The summed E-state index contributed by atoms with van der Waals surface area (Å²) in [5.41, 5.74) is 3.30. The lowest BCUT2D eigenvalue weighted by atomic mass is 10.1. The maximum absolute atomic E-state index is 12.6. The van der Waals surface area contributed by atoms with Crippen molar-refractivity contribution in [2.75, 3.05) is 11.9 Å². The lowest BCUT2D eigenvalue weighted by molar-refractivity contribution is -0.143. The van der Waals surface area contributed by atoms with Crippen LogP contribution in [0.1, 0.15) is 29.3 Å². The summed E-state index contributed by atoms with van der Waals surface area (Å²) in [5, 5.41) is 3.04. The van der Waals surface area contributed by atoms with Crippen LogP contribution in [0.25, 0.3) is 10.9 Å². The van der Waals surface area contributed by atoms with Crippen molar-refractivity contribution in [1.82, 2.24) is 4.98 Å². The molecule has 7 heteroatoms.